The number of carbonyl (C=O) groups is 1. The van der Waals surface area contributed by atoms with Crippen LogP contribution in [0, 0.1) is 11.6 Å². The number of carbonyl (C=O) groups excluding carboxylic acids is 1. The molecule has 25 heavy (non-hydrogen) atoms. The van der Waals surface area contributed by atoms with E-state index >= 15 is 0 Å². The Morgan fingerprint density at radius 3 is 2.76 bits per heavy atom. The van der Waals surface area contributed by atoms with Gasteiger partial charge in [-0.1, -0.05) is 6.07 Å². The number of rotatable bonds is 5. The summed E-state index contributed by atoms with van der Waals surface area (Å²) in [5.74, 6) is -0.380. The Morgan fingerprint density at radius 2 is 2.04 bits per heavy atom. The van der Waals surface area contributed by atoms with Crippen LogP contribution in [0.4, 0.5) is 14.6 Å². The third-order valence-electron chi connectivity index (χ3n) is 4.27. The maximum Gasteiger partial charge on any atom is 0.254 e. The number of pyridine rings is 1. The molecule has 1 aliphatic heterocycles. The van der Waals surface area contributed by atoms with Crippen LogP contribution in [-0.2, 0) is 0 Å². The van der Waals surface area contributed by atoms with Crippen LogP contribution in [0.2, 0.25) is 0 Å². The smallest absolute Gasteiger partial charge is 0.254 e. The Balaban J connectivity index is 1.39. The molecule has 130 valence electrons. The van der Waals surface area contributed by atoms with Gasteiger partial charge in [0.15, 0.2) is 5.82 Å². The fraction of sp³-hybridized carbons (Fsp3) is 0.333. The average Bonchev–Trinajstić information content (AvgIpc) is 3.35. The molecular weight excluding hydrogens is 328 g/mol. The Labute approximate surface area is 143 Å². The van der Waals surface area contributed by atoms with Crippen molar-refractivity contribution < 1.29 is 18.3 Å². The van der Waals surface area contributed by atoms with Gasteiger partial charge in [0.2, 0.25) is 0 Å². The lowest BCUT2D eigenvalue weighted by Gasteiger charge is -2.39. The summed E-state index contributed by atoms with van der Waals surface area (Å²) in [6, 6.07) is 7.60. The lowest BCUT2D eigenvalue weighted by molar-refractivity contribution is 0.0947. The van der Waals surface area contributed by atoms with Crippen molar-refractivity contribution in [1.29, 1.82) is 0 Å². The molecule has 4 rings (SSSR count). The number of amides is 1. The molecule has 0 spiro atoms. The predicted octanol–water partition coefficient (Wildman–Crippen LogP) is 2.52. The van der Waals surface area contributed by atoms with Crippen molar-refractivity contribution in [2.75, 3.05) is 18.0 Å². The van der Waals surface area contributed by atoms with Crippen molar-refractivity contribution in [2.45, 2.75) is 25.0 Å². The number of nitrogens with one attached hydrogen (secondary N) is 1. The molecule has 0 atom stereocenters. The van der Waals surface area contributed by atoms with Gasteiger partial charge in [0.1, 0.15) is 23.5 Å². The van der Waals surface area contributed by atoms with Crippen LogP contribution in [0.3, 0.4) is 0 Å². The molecule has 7 heteroatoms. The van der Waals surface area contributed by atoms with Crippen LogP contribution in [0.25, 0.3) is 0 Å². The summed E-state index contributed by atoms with van der Waals surface area (Å²) in [6.07, 6.45) is 2.85. The summed E-state index contributed by atoms with van der Waals surface area (Å²) in [5.41, 5.74) is 0.00592. The van der Waals surface area contributed by atoms with E-state index in [1.54, 1.807) is 12.1 Å². The highest BCUT2D eigenvalue weighted by atomic mass is 19.1. The number of hydrogen-bond donors (Lipinski definition) is 1. The first-order valence-corrected chi connectivity index (χ1v) is 8.22. The van der Waals surface area contributed by atoms with Crippen molar-refractivity contribution in [3.05, 3.63) is 53.7 Å². The highest BCUT2D eigenvalue weighted by molar-refractivity contribution is 5.95. The summed E-state index contributed by atoms with van der Waals surface area (Å²) in [4.78, 5) is 18.0. The standard InChI is InChI=1S/C18H17F2N3O2/c19-11-2-1-3-13(6-11)25-14-9-23(10-14)17-7-15(16(20)8-21-17)18(24)22-12-4-5-12/h1-3,6-8,12,14H,4-5,9-10H2,(H,22,24). The molecule has 1 amide bonds. The minimum atomic E-state index is -0.630. The maximum atomic E-state index is 13.9. The predicted molar refractivity (Wildman–Crippen MR) is 87.7 cm³/mol. The van der Waals surface area contributed by atoms with Crippen LogP contribution >= 0.6 is 0 Å². The molecule has 1 saturated heterocycles. The van der Waals surface area contributed by atoms with Crippen LogP contribution in [-0.4, -0.2) is 36.1 Å². The van der Waals surface area contributed by atoms with E-state index in [1.165, 1.54) is 18.2 Å². The fourth-order valence-electron chi connectivity index (χ4n) is 2.70. The Morgan fingerprint density at radius 1 is 1.24 bits per heavy atom. The van der Waals surface area contributed by atoms with Gasteiger partial charge in [-0.15, -0.1) is 0 Å². The molecule has 2 fully saturated rings. The van der Waals surface area contributed by atoms with Gasteiger partial charge in [-0.05, 0) is 31.0 Å². The van der Waals surface area contributed by atoms with Crippen molar-refractivity contribution in [3.8, 4) is 5.75 Å². The summed E-state index contributed by atoms with van der Waals surface area (Å²) in [7, 11) is 0. The first-order valence-electron chi connectivity index (χ1n) is 8.22. The Hall–Kier alpha value is -2.70. The normalized spacial score (nSPS) is 17.1. The second-order valence-corrected chi connectivity index (χ2v) is 6.37. The minimum Gasteiger partial charge on any atom is -0.487 e. The van der Waals surface area contributed by atoms with E-state index in [-0.39, 0.29) is 23.5 Å². The molecule has 1 aromatic heterocycles. The first-order chi connectivity index (χ1) is 12.1. The summed E-state index contributed by atoms with van der Waals surface area (Å²) < 4.78 is 32.7. The molecule has 0 unspecified atom stereocenters. The van der Waals surface area contributed by atoms with E-state index in [0.29, 0.717) is 24.7 Å². The van der Waals surface area contributed by atoms with E-state index < -0.39 is 11.7 Å². The van der Waals surface area contributed by atoms with E-state index in [1.807, 2.05) is 4.90 Å². The summed E-state index contributed by atoms with van der Waals surface area (Å²) >= 11 is 0. The fourth-order valence-corrected chi connectivity index (χ4v) is 2.70. The second-order valence-electron chi connectivity index (χ2n) is 6.37. The van der Waals surface area contributed by atoms with Gasteiger partial charge < -0.3 is 15.0 Å². The number of benzene rings is 1. The zero-order valence-corrected chi connectivity index (χ0v) is 13.4. The third-order valence-corrected chi connectivity index (χ3v) is 4.27. The summed E-state index contributed by atoms with van der Waals surface area (Å²) in [5, 5.41) is 2.77. The van der Waals surface area contributed by atoms with Gasteiger partial charge >= 0.3 is 0 Å². The molecule has 0 bridgehead atoms. The highest BCUT2D eigenvalue weighted by Gasteiger charge is 2.31. The van der Waals surface area contributed by atoms with Crippen LogP contribution in [0.15, 0.2) is 36.5 Å². The van der Waals surface area contributed by atoms with Gasteiger partial charge in [0, 0.05) is 12.1 Å². The Bertz CT molecular complexity index is 805. The monoisotopic (exact) mass is 345 g/mol. The molecule has 1 N–H and O–H groups in total. The number of anilines is 1. The van der Waals surface area contributed by atoms with Gasteiger partial charge in [0.05, 0.1) is 24.8 Å². The van der Waals surface area contributed by atoms with E-state index in [4.69, 9.17) is 4.74 Å². The molecular formula is C18H17F2N3O2. The molecule has 2 aromatic rings. The molecule has 0 radical (unpaired) electrons. The SMILES string of the molecule is O=C(NC1CC1)c1cc(N2CC(Oc3cccc(F)c3)C2)ncc1F. The number of hydrogen-bond acceptors (Lipinski definition) is 4. The van der Waals surface area contributed by atoms with E-state index in [0.717, 1.165) is 19.0 Å². The average molecular weight is 345 g/mol. The van der Waals surface area contributed by atoms with Crippen molar-refractivity contribution in [2.24, 2.45) is 0 Å². The maximum absolute atomic E-state index is 13.9. The van der Waals surface area contributed by atoms with Gasteiger partial charge in [-0.25, -0.2) is 13.8 Å². The Kier molecular flexibility index (Phi) is 3.99. The molecule has 1 aromatic carbocycles. The van der Waals surface area contributed by atoms with Crippen LogP contribution in [0.5, 0.6) is 5.75 Å². The minimum absolute atomic E-state index is 0.00592. The molecule has 2 aliphatic rings. The largest absolute Gasteiger partial charge is 0.487 e. The highest BCUT2D eigenvalue weighted by Crippen LogP contribution is 2.25. The van der Waals surface area contributed by atoms with Gasteiger partial charge in [-0.2, -0.15) is 0 Å². The quantitative estimate of drug-likeness (QED) is 0.905. The first kappa shape index (κ1) is 15.8. The molecule has 2 heterocycles. The second kappa shape index (κ2) is 6.31. The molecule has 5 nitrogen and oxygen atoms in total. The van der Waals surface area contributed by atoms with Crippen molar-refractivity contribution >= 4 is 11.7 Å². The topological polar surface area (TPSA) is 54.5 Å². The lowest BCUT2D eigenvalue weighted by Crippen LogP contribution is -2.54. The van der Waals surface area contributed by atoms with E-state index in [2.05, 4.69) is 10.3 Å². The molecule has 1 saturated carbocycles. The van der Waals surface area contributed by atoms with Crippen molar-refractivity contribution in [3.63, 3.8) is 0 Å². The van der Waals surface area contributed by atoms with Gasteiger partial charge in [0.25, 0.3) is 5.91 Å². The number of nitrogens with zero attached hydrogens (tertiary/aromatic N) is 2. The number of ether oxygens (including phenoxy) is 1. The number of aromatic nitrogens is 1. The van der Waals surface area contributed by atoms with E-state index in [9.17, 15) is 13.6 Å². The zero-order valence-electron chi connectivity index (χ0n) is 13.4. The zero-order chi connectivity index (χ0) is 17.4. The van der Waals surface area contributed by atoms with Crippen molar-refractivity contribution in [1.82, 2.24) is 10.3 Å². The summed E-state index contributed by atoms with van der Waals surface area (Å²) in [6.45, 7) is 1.08. The van der Waals surface area contributed by atoms with Crippen LogP contribution in [0.1, 0.15) is 23.2 Å². The molecule has 1 aliphatic carbocycles. The third kappa shape index (κ3) is 3.55. The lowest BCUT2D eigenvalue weighted by atomic mass is 10.1. The number of halogens is 2. The van der Waals surface area contributed by atoms with Gasteiger partial charge in [-0.3, -0.25) is 4.79 Å². The van der Waals surface area contributed by atoms with Crippen LogP contribution < -0.4 is 15.0 Å².